The van der Waals surface area contributed by atoms with Crippen molar-refractivity contribution in [2.75, 3.05) is 13.1 Å². The molecule has 0 bridgehead atoms. The van der Waals surface area contributed by atoms with Gasteiger partial charge in [-0.15, -0.1) is 23.7 Å². The van der Waals surface area contributed by atoms with Gasteiger partial charge in [0, 0.05) is 30.1 Å². The standard InChI is InChI=1S/C14H13Cl2N3OS.ClH/c15-10-2-1-8(5-11(10)16)13-18-12(7-21-13)14(20)19-4-3-9(17)6-19;/h1-2,5,7,9H,3-4,6,17H2;1H/t9-;/m1./s1. The Morgan fingerprint density at radius 1 is 1.36 bits per heavy atom. The third-order valence-electron chi connectivity index (χ3n) is 3.40. The molecule has 0 unspecified atom stereocenters. The lowest BCUT2D eigenvalue weighted by Crippen LogP contribution is -2.32. The fraction of sp³-hybridized carbons (Fsp3) is 0.286. The third-order valence-corrected chi connectivity index (χ3v) is 5.03. The molecule has 0 spiro atoms. The fourth-order valence-electron chi connectivity index (χ4n) is 2.27. The van der Waals surface area contributed by atoms with Crippen LogP contribution in [0.1, 0.15) is 16.9 Å². The first kappa shape index (κ1) is 17.5. The van der Waals surface area contributed by atoms with E-state index in [0.717, 1.165) is 17.0 Å². The van der Waals surface area contributed by atoms with Crippen LogP contribution in [-0.2, 0) is 0 Å². The van der Waals surface area contributed by atoms with E-state index in [9.17, 15) is 4.79 Å². The Hall–Kier alpha value is -0.850. The number of thiazole rings is 1. The Morgan fingerprint density at radius 3 is 2.77 bits per heavy atom. The second kappa shape index (κ2) is 7.15. The zero-order chi connectivity index (χ0) is 15.0. The predicted octanol–water partition coefficient (Wildman–Crippen LogP) is 3.71. The van der Waals surface area contributed by atoms with Crippen molar-refractivity contribution in [1.29, 1.82) is 0 Å². The molecule has 4 nitrogen and oxygen atoms in total. The van der Waals surface area contributed by atoms with Gasteiger partial charge < -0.3 is 10.6 Å². The highest BCUT2D eigenvalue weighted by Gasteiger charge is 2.26. The molecule has 0 radical (unpaired) electrons. The van der Waals surface area contributed by atoms with Crippen molar-refractivity contribution in [2.24, 2.45) is 5.73 Å². The molecular formula is C14H14Cl3N3OS. The van der Waals surface area contributed by atoms with Crippen LogP contribution in [0.15, 0.2) is 23.6 Å². The van der Waals surface area contributed by atoms with E-state index in [0.29, 0.717) is 28.8 Å². The van der Waals surface area contributed by atoms with E-state index in [2.05, 4.69) is 4.98 Å². The van der Waals surface area contributed by atoms with Crippen LogP contribution in [0.2, 0.25) is 10.0 Å². The average Bonchev–Trinajstić information content (AvgIpc) is 3.10. The first-order chi connectivity index (χ1) is 10.0. The number of aromatic nitrogens is 1. The number of carbonyl (C=O) groups excluding carboxylic acids is 1. The Morgan fingerprint density at radius 2 is 2.14 bits per heavy atom. The summed E-state index contributed by atoms with van der Waals surface area (Å²) in [5.74, 6) is -0.0643. The van der Waals surface area contributed by atoms with E-state index >= 15 is 0 Å². The molecule has 22 heavy (non-hydrogen) atoms. The van der Waals surface area contributed by atoms with Gasteiger partial charge in [0.05, 0.1) is 10.0 Å². The van der Waals surface area contributed by atoms with Gasteiger partial charge in [0.15, 0.2) is 0 Å². The number of benzene rings is 1. The van der Waals surface area contributed by atoms with Gasteiger partial charge in [-0.1, -0.05) is 29.3 Å². The predicted molar refractivity (Wildman–Crippen MR) is 93.3 cm³/mol. The van der Waals surface area contributed by atoms with Crippen molar-refractivity contribution in [3.8, 4) is 10.6 Å². The van der Waals surface area contributed by atoms with Crippen LogP contribution in [0.5, 0.6) is 0 Å². The number of nitrogens with zero attached hydrogens (tertiary/aromatic N) is 2. The molecule has 1 atom stereocenters. The summed E-state index contributed by atoms with van der Waals surface area (Å²) >= 11 is 13.3. The summed E-state index contributed by atoms with van der Waals surface area (Å²) in [6.45, 7) is 1.29. The van der Waals surface area contributed by atoms with Crippen LogP contribution in [-0.4, -0.2) is 34.9 Å². The SMILES string of the molecule is Cl.N[C@@H]1CCN(C(=O)c2csc(-c3ccc(Cl)c(Cl)c3)n2)C1. The first-order valence-corrected chi connectivity index (χ1v) is 8.14. The first-order valence-electron chi connectivity index (χ1n) is 6.50. The number of hydrogen-bond acceptors (Lipinski definition) is 4. The minimum atomic E-state index is -0.0643. The minimum absolute atomic E-state index is 0. The number of carbonyl (C=O) groups is 1. The summed E-state index contributed by atoms with van der Waals surface area (Å²) in [7, 11) is 0. The van der Waals surface area contributed by atoms with E-state index in [1.54, 1.807) is 22.4 Å². The van der Waals surface area contributed by atoms with Gasteiger partial charge in [0.25, 0.3) is 5.91 Å². The molecule has 1 aliphatic heterocycles. The van der Waals surface area contributed by atoms with Crippen LogP contribution in [0.3, 0.4) is 0 Å². The molecule has 1 amide bonds. The molecule has 8 heteroatoms. The highest BCUT2D eigenvalue weighted by atomic mass is 35.5. The lowest BCUT2D eigenvalue weighted by molar-refractivity contribution is 0.0786. The molecule has 1 saturated heterocycles. The summed E-state index contributed by atoms with van der Waals surface area (Å²) in [6, 6.07) is 5.39. The number of hydrogen-bond donors (Lipinski definition) is 1. The smallest absolute Gasteiger partial charge is 0.273 e. The topological polar surface area (TPSA) is 59.2 Å². The molecule has 2 aromatic rings. The van der Waals surface area contributed by atoms with Crippen LogP contribution in [0.4, 0.5) is 0 Å². The summed E-state index contributed by atoms with van der Waals surface area (Å²) in [6.07, 6.45) is 0.843. The number of rotatable bonds is 2. The van der Waals surface area contributed by atoms with E-state index in [-0.39, 0.29) is 24.4 Å². The maximum Gasteiger partial charge on any atom is 0.273 e. The number of likely N-dealkylation sites (tertiary alicyclic amines) is 1. The van der Waals surface area contributed by atoms with Gasteiger partial charge in [-0.25, -0.2) is 4.98 Å². The third kappa shape index (κ3) is 3.55. The van der Waals surface area contributed by atoms with Crippen molar-refractivity contribution >= 4 is 52.9 Å². The summed E-state index contributed by atoms with van der Waals surface area (Å²) in [5, 5.41) is 3.49. The van der Waals surface area contributed by atoms with Crippen molar-refractivity contribution < 1.29 is 4.79 Å². The van der Waals surface area contributed by atoms with Crippen molar-refractivity contribution in [3.05, 3.63) is 39.3 Å². The maximum atomic E-state index is 12.3. The zero-order valence-corrected chi connectivity index (χ0v) is 14.6. The van der Waals surface area contributed by atoms with Gasteiger partial charge in [-0.3, -0.25) is 4.79 Å². The summed E-state index contributed by atoms with van der Waals surface area (Å²) in [5.41, 5.74) is 7.14. The van der Waals surface area contributed by atoms with Crippen LogP contribution < -0.4 is 5.73 Å². The second-order valence-electron chi connectivity index (χ2n) is 4.97. The van der Waals surface area contributed by atoms with Gasteiger partial charge in [0.2, 0.25) is 0 Å². The molecule has 2 heterocycles. The van der Waals surface area contributed by atoms with Crippen LogP contribution >= 0.6 is 46.9 Å². The van der Waals surface area contributed by atoms with Gasteiger partial charge >= 0.3 is 0 Å². The molecule has 118 valence electrons. The lowest BCUT2D eigenvalue weighted by Gasteiger charge is -2.13. The Balaban J connectivity index is 0.00000176. The van der Waals surface area contributed by atoms with Crippen LogP contribution in [0, 0.1) is 0 Å². The van der Waals surface area contributed by atoms with E-state index in [1.165, 1.54) is 11.3 Å². The Labute approximate surface area is 148 Å². The Kier molecular flexibility index (Phi) is 5.69. The molecule has 0 saturated carbocycles. The molecule has 2 N–H and O–H groups in total. The number of nitrogens with two attached hydrogens (primary N) is 1. The molecule has 1 fully saturated rings. The highest BCUT2D eigenvalue weighted by molar-refractivity contribution is 7.13. The summed E-state index contributed by atoms with van der Waals surface area (Å²) < 4.78 is 0. The van der Waals surface area contributed by atoms with Gasteiger partial charge in [0.1, 0.15) is 10.7 Å². The van der Waals surface area contributed by atoms with E-state index < -0.39 is 0 Å². The second-order valence-corrected chi connectivity index (χ2v) is 6.64. The Bertz CT molecular complexity index is 692. The molecule has 1 aliphatic rings. The molecule has 1 aromatic heterocycles. The van der Waals surface area contributed by atoms with Gasteiger partial charge in [-0.05, 0) is 18.6 Å². The van der Waals surface area contributed by atoms with Crippen molar-refractivity contribution in [3.63, 3.8) is 0 Å². The largest absolute Gasteiger partial charge is 0.336 e. The van der Waals surface area contributed by atoms with Gasteiger partial charge in [-0.2, -0.15) is 0 Å². The minimum Gasteiger partial charge on any atom is -0.336 e. The molecule has 0 aliphatic carbocycles. The molecule has 3 rings (SSSR count). The average molecular weight is 379 g/mol. The van der Waals surface area contributed by atoms with Crippen LogP contribution in [0.25, 0.3) is 10.6 Å². The molecular weight excluding hydrogens is 365 g/mol. The van der Waals surface area contributed by atoms with E-state index in [1.807, 2.05) is 6.07 Å². The monoisotopic (exact) mass is 377 g/mol. The zero-order valence-electron chi connectivity index (χ0n) is 11.5. The lowest BCUT2D eigenvalue weighted by atomic mass is 10.2. The fourth-order valence-corrected chi connectivity index (χ4v) is 3.36. The number of halogens is 3. The van der Waals surface area contributed by atoms with E-state index in [4.69, 9.17) is 28.9 Å². The normalized spacial score (nSPS) is 17.4. The summed E-state index contributed by atoms with van der Waals surface area (Å²) in [4.78, 5) is 18.5. The van der Waals surface area contributed by atoms with Crippen molar-refractivity contribution in [2.45, 2.75) is 12.5 Å². The molecule has 1 aromatic carbocycles. The van der Waals surface area contributed by atoms with Crippen molar-refractivity contribution in [1.82, 2.24) is 9.88 Å². The number of amides is 1. The quantitative estimate of drug-likeness (QED) is 0.866. The maximum absolute atomic E-state index is 12.3. The highest BCUT2D eigenvalue weighted by Crippen LogP contribution is 2.30.